The minimum absolute atomic E-state index is 0. The van der Waals surface area contributed by atoms with Crippen molar-refractivity contribution < 1.29 is 147 Å². The minimum atomic E-state index is -5.70. The second kappa shape index (κ2) is 18.2. The second-order valence-corrected chi connectivity index (χ2v) is 11.3. The van der Waals surface area contributed by atoms with E-state index < -0.39 is 26.5 Å². The molecule has 1 aromatic rings. The van der Waals surface area contributed by atoms with E-state index in [1.165, 1.54) is 22.0 Å². The van der Waals surface area contributed by atoms with Crippen LogP contribution in [0.4, 0.5) is 0 Å². The molecule has 0 spiro atoms. The Morgan fingerprint density at radius 3 is 1.97 bits per heavy atom. The number of hydrogen-bond acceptors (Lipinski definition) is 8. The van der Waals surface area contributed by atoms with Gasteiger partial charge in [-0.15, -0.1) is 5.10 Å². The van der Waals surface area contributed by atoms with Gasteiger partial charge in [0, 0.05) is 24.1 Å². The average Bonchev–Trinajstić information content (AvgIpc) is 2.91. The van der Waals surface area contributed by atoms with Crippen LogP contribution in [-0.2, 0) is 22.1 Å². The zero-order valence-corrected chi connectivity index (χ0v) is 29.7. The van der Waals surface area contributed by atoms with Crippen LogP contribution in [-0.4, -0.2) is 19.9 Å². The van der Waals surface area contributed by atoms with E-state index in [4.69, 9.17) is 0 Å². The summed E-state index contributed by atoms with van der Waals surface area (Å²) >= 11 is 0. The summed E-state index contributed by atoms with van der Waals surface area (Å²) < 4.78 is 24.1. The van der Waals surface area contributed by atoms with Crippen molar-refractivity contribution in [1.29, 1.82) is 0 Å². The van der Waals surface area contributed by atoms with E-state index in [-0.39, 0.29) is 124 Å². The third-order valence-corrected chi connectivity index (χ3v) is 8.37. The first-order chi connectivity index (χ1) is 12.3. The van der Waals surface area contributed by atoms with Crippen LogP contribution in [0.2, 0.25) is 0 Å². The Morgan fingerprint density at radius 2 is 1.52 bits per heavy atom. The summed E-state index contributed by atoms with van der Waals surface area (Å²) in [6.45, 7) is 7.18. The maximum atomic E-state index is 11.3. The third kappa shape index (κ3) is 14.3. The predicted molar refractivity (Wildman–Crippen MR) is 94.4 cm³/mol. The van der Waals surface area contributed by atoms with E-state index in [0.717, 1.165) is 12.8 Å². The van der Waals surface area contributed by atoms with Crippen molar-refractivity contribution in [3.8, 4) is 0 Å². The number of nitrogens with zero attached hydrogens (tertiary/aromatic N) is 3. The van der Waals surface area contributed by atoms with E-state index in [0.29, 0.717) is 19.9 Å². The molecule has 1 heterocycles. The number of hydrogen-bond donors (Lipinski definition) is 0. The van der Waals surface area contributed by atoms with E-state index >= 15 is 0 Å². The molecule has 31 heavy (non-hydrogen) atoms. The summed E-state index contributed by atoms with van der Waals surface area (Å²) in [7, 11) is -11.4. The van der Waals surface area contributed by atoms with Gasteiger partial charge in [-0.05, 0) is 47.0 Å². The van der Waals surface area contributed by atoms with Crippen molar-refractivity contribution in [3.05, 3.63) is 35.2 Å². The molecule has 15 heteroatoms. The Hall–Kier alpha value is 2.92. The molecule has 0 bridgehead atoms. The molecular formula is C16H25N3Na4O6P2. The normalized spacial score (nSPS) is 11.9. The zero-order chi connectivity index (χ0) is 20.9. The molecule has 0 aliphatic carbocycles. The minimum Gasteiger partial charge on any atom is -0.810 e. The van der Waals surface area contributed by atoms with Crippen LogP contribution in [0.3, 0.4) is 0 Å². The van der Waals surface area contributed by atoms with Crippen molar-refractivity contribution in [3.63, 3.8) is 0 Å². The summed E-state index contributed by atoms with van der Waals surface area (Å²) in [4.78, 5) is 42.3. The molecule has 154 valence electrons. The first kappa shape index (κ1) is 41.1. The molecule has 0 aromatic carbocycles. The molecule has 0 atom stereocenters. The summed E-state index contributed by atoms with van der Waals surface area (Å²) in [5.74, 6) is 0. The number of rotatable bonds is 10. The van der Waals surface area contributed by atoms with Crippen LogP contribution in [0.1, 0.15) is 52.7 Å². The fraction of sp³-hybridized carbons (Fsp3) is 0.625. The summed E-state index contributed by atoms with van der Waals surface area (Å²) in [6, 6.07) is 0. The van der Waals surface area contributed by atoms with Crippen LogP contribution in [0.15, 0.2) is 29.5 Å². The Morgan fingerprint density at radius 1 is 1.00 bits per heavy atom. The van der Waals surface area contributed by atoms with Gasteiger partial charge < -0.3 is 28.7 Å². The largest absolute Gasteiger partial charge is 1.00 e. The Labute approximate surface area is 273 Å². The molecule has 1 rings (SSSR count). The third-order valence-electron chi connectivity index (χ3n) is 4.22. The van der Waals surface area contributed by atoms with Crippen molar-refractivity contribution in [2.75, 3.05) is 0 Å². The van der Waals surface area contributed by atoms with Gasteiger partial charge in [-0.1, -0.05) is 43.7 Å². The smallest absolute Gasteiger partial charge is 0.810 e. The Bertz CT molecular complexity index is 781. The van der Waals surface area contributed by atoms with Gasteiger partial charge in [-0.25, -0.2) is 0 Å². The van der Waals surface area contributed by atoms with Gasteiger partial charge in [0.25, 0.3) is 0 Å². The molecule has 0 radical (unpaired) electrons. The van der Waals surface area contributed by atoms with Gasteiger partial charge in [0.05, 0.1) is 5.69 Å². The van der Waals surface area contributed by atoms with Crippen molar-refractivity contribution in [2.45, 2.75) is 64.8 Å². The van der Waals surface area contributed by atoms with Crippen molar-refractivity contribution in [2.24, 2.45) is 0 Å². The SMILES string of the molecule is CC(C)=CCC/C(C)=C\CCn1cc(CC(C)(P(=O)([O-])[O-])P(=O)([O-])[O-])nn1.[Na+].[Na+].[Na+].[Na+]. The molecule has 9 nitrogen and oxygen atoms in total. The quantitative estimate of drug-likeness (QED) is 0.171. The standard InChI is InChI=1S/C16H29N3O6P2.4Na/c1-13(2)7-5-8-14(3)9-6-10-19-12-15(17-18-19)11-16(4,26(20,21)22)27(23,24)25;;;;/h7,9,12H,5-6,8,10-11H2,1-4H3,(H2,20,21,22)(H2,23,24,25);;;;/q;4*+1/p-4/b14-9-;;;;. The molecule has 0 aliphatic heterocycles. The number of aromatic nitrogens is 3. The van der Waals surface area contributed by atoms with Gasteiger partial charge in [-0.2, -0.15) is 0 Å². The maximum absolute atomic E-state index is 11.3. The van der Waals surface area contributed by atoms with E-state index in [2.05, 4.69) is 22.5 Å². The van der Waals surface area contributed by atoms with Gasteiger partial charge in [-0.3, -0.25) is 4.68 Å². The van der Waals surface area contributed by atoms with E-state index in [1.54, 1.807) is 0 Å². The first-order valence-corrected chi connectivity index (χ1v) is 11.6. The molecule has 1 aromatic heterocycles. The topological polar surface area (TPSA) is 157 Å². The van der Waals surface area contributed by atoms with Crippen LogP contribution >= 0.6 is 15.2 Å². The molecule has 0 unspecified atom stereocenters. The van der Waals surface area contributed by atoms with Gasteiger partial charge in [0.15, 0.2) is 0 Å². The molecule has 0 aliphatic rings. The van der Waals surface area contributed by atoms with Crippen LogP contribution < -0.4 is 138 Å². The maximum Gasteiger partial charge on any atom is 1.00 e. The summed E-state index contributed by atoms with van der Waals surface area (Å²) in [5.41, 5.74) is 2.45. The zero-order valence-electron chi connectivity index (χ0n) is 20.0. The Kier molecular flexibility index (Phi) is 24.1. The first-order valence-electron chi connectivity index (χ1n) is 8.48. The average molecular weight is 509 g/mol. The van der Waals surface area contributed by atoms with Gasteiger partial charge in [0.1, 0.15) is 0 Å². The van der Waals surface area contributed by atoms with Crippen molar-refractivity contribution >= 4 is 15.2 Å². The summed E-state index contributed by atoms with van der Waals surface area (Å²) in [6.07, 6.45) is 7.30. The second-order valence-electron chi connectivity index (χ2n) is 7.02. The summed E-state index contributed by atoms with van der Waals surface area (Å²) in [5, 5.41) is 7.47. The molecule has 0 N–H and O–H groups in total. The fourth-order valence-corrected chi connectivity index (χ4v) is 4.26. The van der Waals surface area contributed by atoms with Crippen molar-refractivity contribution in [1.82, 2.24) is 15.0 Å². The van der Waals surface area contributed by atoms with Gasteiger partial charge in [0.2, 0.25) is 0 Å². The molecule has 0 amide bonds. The Balaban J connectivity index is -0.000000911. The molecule has 0 saturated heterocycles. The number of aryl methyl sites for hydroxylation is 1. The molecule has 0 fully saturated rings. The fourth-order valence-electron chi connectivity index (χ4n) is 2.35. The monoisotopic (exact) mass is 509 g/mol. The number of allylic oxidation sites excluding steroid dienone is 4. The van der Waals surface area contributed by atoms with E-state index in [1.807, 2.05) is 20.8 Å². The predicted octanol–water partition coefficient (Wildman–Crippen LogP) is -11.5. The van der Waals surface area contributed by atoms with E-state index in [9.17, 15) is 28.7 Å². The van der Waals surface area contributed by atoms with Crippen LogP contribution in [0.5, 0.6) is 0 Å². The van der Waals surface area contributed by atoms with Crippen LogP contribution in [0, 0.1) is 0 Å². The molecular weight excluding hydrogens is 484 g/mol. The molecule has 0 saturated carbocycles. The van der Waals surface area contributed by atoms with Gasteiger partial charge >= 0.3 is 118 Å². The van der Waals surface area contributed by atoms with Crippen LogP contribution in [0.25, 0.3) is 0 Å².